The highest BCUT2D eigenvalue weighted by atomic mass is 35.5. The fourth-order valence-electron chi connectivity index (χ4n) is 3.37. The molecular weight excluding hydrogens is 234 g/mol. The van der Waals surface area contributed by atoms with Crippen LogP contribution in [0.2, 0.25) is 0 Å². The SMILES string of the molecule is O=C(CCl)N1c2ccccc2[C@@H]2CCCC[C@H]21. The van der Waals surface area contributed by atoms with Crippen molar-refractivity contribution in [3.8, 4) is 0 Å². The number of nitrogens with zero attached hydrogens (tertiary/aromatic N) is 1. The molecule has 0 saturated heterocycles. The van der Waals surface area contributed by atoms with Gasteiger partial charge in [-0.3, -0.25) is 4.79 Å². The molecule has 1 aliphatic carbocycles. The van der Waals surface area contributed by atoms with Crippen LogP contribution in [0, 0.1) is 0 Å². The maximum absolute atomic E-state index is 12.0. The predicted molar refractivity (Wildman–Crippen MR) is 69.6 cm³/mol. The van der Waals surface area contributed by atoms with E-state index in [1.165, 1.54) is 24.8 Å². The van der Waals surface area contributed by atoms with Gasteiger partial charge >= 0.3 is 0 Å². The number of benzene rings is 1. The number of fused-ring (bicyclic) bond motifs is 3. The first-order valence-corrected chi connectivity index (χ1v) is 6.83. The minimum atomic E-state index is 0.0496. The maximum atomic E-state index is 12.0. The number of hydrogen-bond acceptors (Lipinski definition) is 1. The molecule has 0 aromatic heterocycles. The zero-order valence-electron chi connectivity index (χ0n) is 9.73. The van der Waals surface area contributed by atoms with Crippen LogP contribution in [-0.2, 0) is 4.79 Å². The summed E-state index contributed by atoms with van der Waals surface area (Å²) in [6.45, 7) is 0. The minimum absolute atomic E-state index is 0.0496. The van der Waals surface area contributed by atoms with E-state index in [0.717, 1.165) is 12.1 Å². The second-order valence-corrected chi connectivity index (χ2v) is 5.18. The molecule has 2 aliphatic rings. The molecule has 0 bridgehead atoms. The molecule has 1 aromatic carbocycles. The third-order valence-electron chi connectivity index (χ3n) is 4.04. The van der Waals surface area contributed by atoms with Crippen LogP contribution >= 0.6 is 11.6 Å². The van der Waals surface area contributed by atoms with Crippen LogP contribution in [0.15, 0.2) is 24.3 Å². The first kappa shape index (κ1) is 11.1. The summed E-state index contributed by atoms with van der Waals surface area (Å²) in [5.74, 6) is 0.665. The van der Waals surface area contributed by atoms with Gasteiger partial charge in [-0.25, -0.2) is 0 Å². The van der Waals surface area contributed by atoms with Crippen molar-refractivity contribution in [1.29, 1.82) is 0 Å². The average Bonchev–Trinajstić information content (AvgIpc) is 2.72. The predicted octanol–water partition coefficient (Wildman–Crippen LogP) is 3.30. The molecule has 0 spiro atoms. The van der Waals surface area contributed by atoms with Crippen molar-refractivity contribution in [2.75, 3.05) is 10.8 Å². The van der Waals surface area contributed by atoms with Crippen LogP contribution in [0.25, 0.3) is 0 Å². The smallest absolute Gasteiger partial charge is 0.242 e. The van der Waals surface area contributed by atoms with Crippen molar-refractivity contribution in [2.24, 2.45) is 0 Å². The number of hydrogen-bond donors (Lipinski definition) is 0. The van der Waals surface area contributed by atoms with Crippen molar-refractivity contribution < 1.29 is 4.79 Å². The summed E-state index contributed by atoms with van der Waals surface area (Å²) in [6, 6.07) is 8.65. The van der Waals surface area contributed by atoms with Crippen molar-refractivity contribution in [2.45, 2.75) is 37.6 Å². The summed E-state index contributed by atoms with van der Waals surface area (Å²) in [4.78, 5) is 14.0. The Morgan fingerprint density at radius 3 is 2.88 bits per heavy atom. The van der Waals surface area contributed by atoms with Crippen LogP contribution in [0.5, 0.6) is 0 Å². The Morgan fingerprint density at radius 1 is 1.29 bits per heavy atom. The molecule has 1 saturated carbocycles. The standard InChI is InChI=1S/C14H16ClNO/c15-9-14(17)16-12-7-3-1-5-10(12)11-6-2-4-8-13(11)16/h1,3,5,7,11,13H,2,4,6,8-9H2/t11-,13+/m0/s1. The second-order valence-electron chi connectivity index (χ2n) is 4.91. The van der Waals surface area contributed by atoms with Crippen LogP contribution in [-0.4, -0.2) is 17.8 Å². The lowest BCUT2D eigenvalue weighted by Crippen LogP contribution is -2.41. The fourth-order valence-corrected chi connectivity index (χ4v) is 3.49. The first-order valence-electron chi connectivity index (χ1n) is 6.30. The van der Waals surface area contributed by atoms with E-state index in [4.69, 9.17) is 11.6 Å². The van der Waals surface area contributed by atoms with Gasteiger partial charge in [0.1, 0.15) is 5.88 Å². The minimum Gasteiger partial charge on any atom is -0.307 e. The zero-order valence-corrected chi connectivity index (χ0v) is 10.5. The highest BCUT2D eigenvalue weighted by Crippen LogP contribution is 2.47. The van der Waals surface area contributed by atoms with E-state index >= 15 is 0 Å². The quantitative estimate of drug-likeness (QED) is 0.700. The lowest BCUT2D eigenvalue weighted by Gasteiger charge is -2.31. The van der Waals surface area contributed by atoms with Gasteiger partial charge in [-0.15, -0.1) is 11.6 Å². The average molecular weight is 250 g/mol. The molecule has 0 N–H and O–H groups in total. The van der Waals surface area contributed by atoms with Gasteiger partial charge in [0.15, 0.2) is 0 Å². The van der Waals surface area contributed by atoms with Gasteiger partial charge in [-0.2, -0.15) is 0 Å². The van der Waals surface area contributed by atoms with Gasteiger partial charge in [0.2, 0.25) is 5.91 Å². The van der Waals surface area contributed by atoms with E-state index in [0.29, 0.717) is 12.0 Å². The lowest BCUT2D eigenvalue weighted by atomic mass is 9.82. The van der Waals surface area contributed by atoms with Gasteiger partial charge in [0.05, 0.1) is 0 Å². The van der Waals surface area contributed by atoms with Crippen LogP contribution in [0.3, 0.4) is 0 Å². The molecular formula is C14H16ClNO. The Hall–Kier alpha value is -1.02. The molecule has 1 amide bonds. The Morgan fingerprint density at radius 2 is 2.06 bits per heavy atom. The number of alkyl halides is 1. The normalized spacial score (nSPS) is 26.5. The molecule has 0 unspecified atom stereocenters. The zero-order chi connectivity index (χ0) is 11.8. The Kier molecular flexibility index (Phi) is 2.83. The van der Waals surface area contributed by atoms with E-state index in [2.05, 4.69) is 18.2 Å². The summed E-state index contributed by atoms with van der Waals surface area (Å²) >= 11 is 5.74. The monoisotopic (exact) mass is 249 g/mol. The number of para-hydroxylation sites is 1. The van der Waals surface area contributed by atoms with E-state index in [9.17, 15) is 4.79 Å². The number of amides is 1. The van der Waals surface area contributed by atoms with Gasteiger partial charge in [0, 0.05) is 17.6 Å². The number of anilines is 1. The highest BCUT2D eigenvalue weighted by Gasteiger charge is 2.41. The number of halogens is 1. The third kappa shape index (κ3) is 1.66. The van der Waals surface area contributed by atoms with Crippen LogP contribution in [0.1, 0.15) is 37.2 Å². The highest BCUT2D eigenvalue weighted by molar-refractivity contribution is 6.29. The van der Waals surface area contributed by atoms with Crippen molar-refractivity contribution in [1.82, 2.24) is 0 Å². The summed E-state index contributed by atoms with van der Waals surface area (Å²) in [6.07, 6.45) is 4.81. The Bertz CT molecular complexity index is 446. The molecule has 1 fully saturated rings. The molecule has 3 heteroatoms. The Balaban J connectivity index is 2.05. The maximum Gasteiger partial charge on any atom is 0.242 e. The van der Waals surface area contributed by atoms with Gasteiger partial charge in [-0.1, -0.05) is 31.0 Å². The van der Waals surface area contributed by atoms with E-state index in [1.807, 2.05) is 11.0 Å². The van der Waals surface area contributed by atoms with Gasteiger partial charge in [-0.05, 0) is 24.5 Å². The molecule has 1 aliphatic heterocycles. The summed E-state index contributed by atoms with van der Waals surface area (Å²) in [5, 5.41) is 0. The molecule has 2 atom stereocenters. The van der Waals surface area contributed by atoms with Crippen LogP contribution < -0.4 is 4.90 Å². The van der Waals surface area contributed by atoms with Crippen molar-refractivity contribution in [3.63, 3.8) is 0 Å². The Labute approximate surface area is 107 Å². The molecule has 1 heterocycles. The molecule has 3 rings (SSSR count). The molecule has 0 radical (unpaired) electrons. The van der Waals surface area contributed by atoms with Crippen molar-refractivity contribution in [3.05, 3.63) is 29.8 Å². The molecule has 17 heavy (non-hydrogen) atoms. The molecule has 2 nitrogen and oxygen atoms in total. The number of carbonyl (C=O) groups is 1. The lowest BCUT2D eigenvalue weighted by molar-refractivity contribution is -0.116. The van der Waals surface area contributed by atoms with Crippen LogP contribution in [0.4, 0.5) is 5.69 Å². The van der Waals surface area contributed by atoms with Gasteiger partial charge in [0.25, 0.3) is 0 Å². The summed E-state index contributed by atoms with van der Waals surface area (Å²) in [5.41, 5.74) is 2.44. The topological polar surface area (TPSA) is 20.3 Å². The van der Waals surface area contributed by atoms with E-state index < -0.39 is 0 Å². The van der Waals surface area contributed by atoms with E-state index in [-0.39, 0.29) is 11.8 Å². The van der Waals surface area contributed by atoms with Crippen molar-refractivity contribution >= 4 is 23.2 Å². The van der Waals surface area contributed by atoms with Gasteiger partial charge < -0.3 is 4.90 Å². The molecule has 90 valence electrons. The second kappa shape index (κ2) is 4.34. The molecule has 1 aromatic rings. The number of carbonyl (C=O) groups excluding carboxylic acids is 1. The summed E-state index contributed by atoms with van der Waals surface area (Å²) in [7, 11) is 0. The first-order chi connectivity index (χ1) is 8.33. The summed E-state index contributed by atoms with van der Waals surface area (Å²) < 4.78 is 0. The fraction of sp³-hybridized carbons (Fsp3) is 0.500. The number of rotatable bonds is 1. The largest absolute Gasteiger partial charge is 0.307 e. The van der Waals surface area contributed by atoms with E-state index in [1.54, 1.807) is 0 Å². The third-order valence-corrected chi connectivity index (χ3v) is 4.27.